The van der Waals surface area contributed by atoms with Crippen LogP contribution in [0.4, 0.5) is 36.7 Å². The zero-order valence-corrected chi connectivity index (χ0v) is 23.3. The molecule has 2 aromatic heterocycles. The van der Waals surface area contributed by atoms with Gasteiger partial charge in [-0.15, -0.1) is 0 Å². The molecule has 3 N–H and O–H groups in total. The number of alkyl carbamates (subject to hydrolysis) is 1. The zero-order chi connectivity index (χ0) is 28.7. The predicted molar refractivity (Wildman–Crippen MR) is 145 cm³/mol. The number of pyridine rings is 2. The number of carbonyl (C=O) groups is 1. The van der Waals surface area contributed by atoms with Gasteiger partial charge < -0.3 is 30.3 Å². The van der Waals surface area contributed by atoms with Crippen LogP contribution in [-0.4, -0.2) is 60.0 Å². The predicted octanol–water partition coefficient (Wildman–Crippen LogP) is 4.95. The van der Waals surface area contributed by atoms with Crippen LogP contribution in [0.5, 0.6) is 0 Å². The number of nitriles is 1. The molecule has 12 heteroatoms. The van der Waals surface area contributed by atoms with Crippen LogP contribution in [-0.2, 0) is 9.47 Å². The van der Waals surface area contributed by atoms with Gasteiger partial charge in [0.25, 0.3) is 0 Å². The topological polar surface area (TPSA) is 124 Å². The molecule has 0 bridgehead atoms. The molecule has 212 valence electrons. The van der Waals surface area contributed by atoms with Crippen LogP contribution in [0.25, 0.3) is 0 Å². The highest BCUT2D eigenvalue weighted by molar-refractivity contribution is 5.68. The summed E-state index contributed by atoms with van der Waals surface area (Å²) in [6.45, 7) is 13.1. The molecule has 1 aliphatic heterocycles. The van der Waals surface area contributed by atoms with E-state index in [-0.39, 0.29) is 34.6 Å². The van der Waals surface area contributed by atoms with Crippen LogP contribution < -0.4 is 20.9 Å². The van der Waals surface area contributed by atoms with E-state index in [1.807, 2.05) is 19.9 Å². The van der Waals surface area contributed by atoms with E-state index in [1.165, 1.54) is 12.3 Å². The number of amides is 1. The maximum atomic E-state index is 15.0. The third-order valence-corrected chi connectivity index (χ3v) is 5.89. The average molecular weight is 546 g/mol. The van der Waals surface area contributed by atoms with Crippen LogP contribution in [0.15, 0.2) is 18.3 Å². The summed E-state index contributed by atoms with van der Waals surface area (Å²) in [5, 5.41) is 18.3. The first-order chi connectivity index (χ1) is 18.4. The summed E-state index contributed by atoms with van der Waals surface area (Å²) >= 11 is 0. The molecular weight excluding hydrogens is 508 g/mol. The van der Waals surface area contributed by atoms with E-state index in [9.17, 15) is 14.4 Å². The first kappa shape index (κ1) is 29.8. The molecule has 1 amide bonds. The number of hydrogen-bond donors (Lipinski definition) is 3. The Bertz CT molecular complexity index is 1190. The number of aromatic nitrogens is 2. The molecule has 0 aliphatic carbocycles. The maximum absolute atomic E-state index is 15.0. The summed E-state index contributed by atoms with van der Waals surface area (Å²) in [4.78, 5) is 22.7. The van der Waals surface area contributed by atoms with E-state index in [1.54, 1.807) is 32.6 Å². The molecule has 10 nitrogen and oxygen atoms in total. The Labute approximate surface area is 228 Å². The Kier molecular flexibility index (Phi) is 9.86. The third-order valence-electron chi connectivity index (χ3n) is 5.89. The van der Waals surface area contributed by atoms with Crippen molar-refractivity contribution < 1.29 is 23.0 Å². The van der Waals surface area contributed by atoms with Crippen LogP contribution >= 0.6 is 0 Å². The third kappa shape index (κ3) is 8.64. The maximum Gasteiger partial charge on any atom is 0.407 e. The molecule has 3 heterocycles. The fraction of sp³-hybridized carbons (Fsp3) is 0.556. The van der Waals surface area contributed by atoms with Crippen LogP contribution in [0, 0.1) is 28.9 Å². The van der Waals surface area contributed by atoms with Gasteiger partial charge in [-0.05, 0) is 46.1 Å². The van der Waals surface area contributed by atoms with Gasteiger partial charge in [0, 0.05) is 31.2 Å². The summed E-state index contributed by atoms with van der Waals surface area (Å²) in [5.41, 5.74) is -0.471. The Hall–Kier alpha value is -3.72. The van der Waals surface area contributed by atoms with Crippen molar-refractivity contribution in [1.29, 1.82) is 5.26 Å². The standard InChI is InChI=1S/C27H37F2N7O3/c1-16(2)11-22(17(3)32-26(37)39-27(4,5)6)34-24-20(28)12-18(14-30)23(35-24)33-19-13-21(29)25(31-15-19)36-7-9-38-10-8-36/h12-13,15-17,22H,7-11H2,1-6H3,(H,32,37)(H2,33,34,35)/t17-,22+/m0/s1. The number of hydrogen-bond acceptors (Lipinski definition) is 9. The molecule has 1 saturated heterocycles. The Morgan fingerprint density at radius 1 is 1.18 bits per heavy atom. The molecular formula is C27H37F2N7O3. The van der Waals surface area contributed by atoms with E-state index in [0.717, 1.165) is 6.07 Å². The average Bonchev–Trinajstić information content (AvgIpc) is 2.84. The lowest BCUT2D eigenvalue weighted by molar-refractivity contribution is 0.0501. The van der Waals surface area contributed by atoms with Gasteiger partial charge in [-0.3, -0.25) is 0 Å². The SMILES string of the molecule is CC(C)C[C@@H](Nc1nc(Nc2cnc(N3CCOCC3)c(F)c2)c(C#N)cc1F)[C@H](C)NC(=O)OC(C)(C)C. The molecule has 0 unspecified atom stereocenters. The number of carbonyl (C=O) groups excluding carboxylic acids is 1. The van der Waals surface area contributed by atoms with Crippen molar-refractivity contribution in [3.8, 4) is 6.07 Å². The van der Waals surface area contributed by atoms with Gasteiger partial charge in [0.05, 0.1) is 30.7 Å². The van der Waals surface area contributed by atoms with Crippen molar-refractivity contribution >= 4 is 29.2 Å². The van der Waals surface area contributed by atoms with Gasteiger partial charge in [0.15, 0.2) is 29.1 Å². The molecule has 0 saturated carbocycles. The second kappa shape index (κ2) is 12.9. The minimum absolute atomic E-state index is 0.0396. The van der Waals surface area contributed by atoms with Gasteiger partial charge in [-0.25, -0.2) is 23.5 Å². The number of morpholine rings is 1. The summed E-state index contributed by atoms with van der Waals surface area (Å²) in [6.07, 6.45) is 1.43. The largest absolute Gasteiger partial charge is 0.444 e. The van der Waals surface area contributed by atoms with E-state index in [0.29, 0.717) is 32.7 Å². The molecule has 39 heavy (non-hydrogen) atoms. The van der Waals surface area contributed by atoms with E-state index in [2.05, 4.69) is 25.9 Å². The monoisotopic (exact) mass is 545 g/mol. The van der Waals surface area contributed by atoms with Crippen molar-refractivity contribution in [2.45, 2.75) is 65.6 Å². The lowest BCUT2D eigenvalue weighted by Gasteiger charge is -2.29. The van der Waals surface area contributed by atoms with Gasteiger partial charge in [0.2, 0.25) is 0 Å². The first-order valence-electron chi connectivity index (χ1n) is 13.0. The highest BCUT2D eigenvalue weighted by Crippen LogP contribution is 2.27. The summed E-state index contributed by atoms with van der Waals surface area (Å²) in [6, 6.07) is 3.37. The Balaban J connectivity index is 1.82. The minimum Gasteiger partial charge on any atom is -0.444 e. The van der Waals surface area contributed by atoms with Crippen LogP contribution in [0.3, 0.4) is 0 Å². The van der Waals surface area contributed by atoms with Crippen molar-refractivity contribution in [2.24, 2.45) is 5.92 Å². The number of nitrogens with zero attached hydrogens (tertiary/aromatic N) is 4. The van der Waals surface area contributed by atoms with Crippen LogP contribution in [0.2, 0.25) is 0 Å². The molecule has 2 aromatic rings. The number of rotatable bonds is 9. The van der Waals surface area contributed by atoms with Crippen molar-refractivity contribution in [3.05, 3.63) is 35.5 Å². The molecule has 0 spiro atoms. The smallest absolute Gasteiger partial charge is 0.407 e. The Morgan fingerprint density at radius 3 is 2.46 bits per heavy atom. The number of anilines is 4. The number of nitrogens with one attached hydrogen (secondary N) is 3. The number of halogens is 2. The van der Waals surface area contributed by atoms with Gasteiger partial charge in [0.1, 0.15) is 11.7 Å². The Morgan fingerprint density at radius 2 is 1.87 bits per heavy atom. The molecule has 3 rings (SSSR count). The quantitative estimate of drug-likeness (QED) is 0.402. The minimum atomic E-state index is -0.734. The molecule has 2 atom stereocenters. The first-order valence-corrected chi connectivity index (χ1v) is 13.0. The van der Waals surface area contributed by atoms with Gasteiger partial charge >= 0.3 is 6.09 Å². The fourth-order valence-corrected chi connectivity index (χ4v) is 4.08. The van der Waals surface area contributed by atoms with E-state index >= 15 is 4.39 Å². The van der Waals surface area contributed by atoms with E-state index in [4.69, 9.17) is 9.47 Å². The second-order valence-electron chi connectivity index (χ2n) is 10.9. The molecule has 0 aromatic carbocycles. The molecule has 1 aliphatic rings. The molecule has 1 fully saturated rings. The zero-order valence-electron chi connectivity index (χ0n) is 23.3. The van der Waals surface area contributed by atoms with Crippen LogP contribution in [0.1, 0.15) is 53.5 Å². The number of ether oxygens (including phenoxy) is 2. The highest BCUT2D eigenvalue weighted by Gasteiger charge is 2.26. The highest BCUT2D eigenvalue weighted by atomic mass is 19.1. The summed E-state index contributed by atoms with van der Waals surface area (Å²) in [7, 11) is 0. The van der Waals surface area contributed by atoms with Gasteiger partial charge in [-0.1, -0.05) is 13.8 Å². The van der Waals surface area contributed by atoms with Crippen molar-refractivity contribution in [2.75, 3.05) is 41.8 Å². The lowest BCUT2D eigenvalue weighted by Crippen LogP contribution is -2.47. The second-order valence-corrected chi connectivity index (χ2v) is 10.9. The van der Waals surface area contributed by atoms with Crippen molar-refractivity contribution in [1.82, 2.24) is 15.3 Å². The van der Waals surface area contributed by atoms with Crippen molar-refractivity contribution in [3.63, 3.8) is 0 Å². The normalized spacial score (nSPS) is 15.3. The molecule has 0 radical (unpaired) electrons. The van der Waals surface area contributed by atoms with E-state index < -0.39 is 35.4 Å². The van der Waals surface area contributed by atoms with Gasteiger partial charge in [-0.2, -0.15) is 5.26 Å². The summed E-state index contributed by atoms with van der Waals surface area (Å²) in [5.74, 6) is -0.927. The summed E-state index contributed by atoms with van der Waals surface area (Å²) < 4.78 is 40.5. The fourth-order valence-electron chi connectivity index (χ4n) is 4.08. The lowest BCUT2D eigenvalue weighted by atomic mass is 9.98.